The molecule has 0 saturated carbocycles. The third kappa shape index (κ3) is 3.52. The molecule has 0 bridgehead atoms. The van der Waals surface area contributed by atoms with Crippen LogP contribution in [0.1, 0.15) is 25.0 Å². The van der Waals surface area contributed by atoms with Crippen molar-refractivity contribution in [2.75, 3.05) is 7.11 Å². The van der Waals surface area contributed by atoms with E-state index in [-0.39, 0.29) is 0 Å². The van der Waals surface area contributed by atoms with Gasteiger partial charge in [-0.25, -0.2) is 0 Å². The zero-order valence-electron chi connectivity index (χ0n) is 12.9. The first-order valence-electron chi connectivity index (χ1n) is 6.89. The summed E-state index contributed by atoms with van der Waals surface area (Å²) in [6.07, 6.45) is -2.85. The summed E-state index contributed by atoms with van der Waals surface area (Å²) >= 11 is 0. The molecule has 0 amide bonds. The van der Waals surface area contributed by atoms with Gasteiger partial charge in [-0.1, -0.05) is 12.1 Å². The molecule has 0 fully saturated rings. The number of halogens is 3. The lowest BCUT2D eigenvalue weighted by Crippen LogP contribution is -2.30. The van der Waals surface area contributed by atoms with Crippen molar-refractivity contribution in [3.05, 3.63) is 53.7 Å². The second kappa shape index (κ2) is 6.02. The number of methoxy groups -OCH3 is 1. The zero-order valence-corrected chi connectivity index (χ0v) is 12.9. The lowest BCUT2D eigenvalue weighted by Gasteiger charge is -2.22. The molecule has 0 atom stereocenters. The van der Waals surface area contributed by atoms with Gasteiger partial charge in [-0.3, -0.25) is 9.78 Å². The van der Waals surface area contributed by atoms with Gasteiger partial charge in [-0.2, -0.15) is 13.2 Å². The van der Waals surface area contributed by atoms with E-state index < -0.39 is 23.1 Å². The standard InChI is InChI=1S/C17H16F3NO2/c1-16(2,15(22)23-3)13-8-9-21-14(10-13)11-4-6-12(7-5-11)17(18,19)20/h4-10H,1-3H3. The predicted molar refractivity (Wildman–Crippen MR) is 79.7 cm³/mol. The van der Waals surface area contributed by atoms with Crippen LogP contribution in [0.2, 0.25) is 0 Å². The van der Waals surface area contributed by atoms with Crippen LogP contribution < -0.4 is 0 Å². The average molecular weight is 323 g/mol. The molecule has 0 aliphatic carbocycles. The van der Waals surface area contributed by atoms with E-state index >= 15 is 0 Å². The Bertz CT molecular complexity index is 707. The van der Waals surface area contributed by atoms with Gasteiger partial charge < -0.3 is 4.74 Å². The first-order valence-corrected chi connectivity index (χ1v) is 6.89. The van der Waals surface area contributed by atoms with E-state index in [1.54, 1.807) is 26.0 Å². The molecule has 2 aromatic rings. The van der Waals surface area contributed by atoms with E-state index in [0.29, 0.717) is 16.8 Å². The Kier molecular flexibility index (Phi) is 4.45. The van der Waals surface area contributed by atoms with Crippen LogP contribution in [-0.4, -0.2) is 18.1 Å². The Morgan fingerprint density at radius 3 is 2.17 bits per heavy atom. The highest BCUT2D eigenvalue weighted by molar-refractivity contribution is 5.82. The van der Waals surface area contributed by atoms with Gasteiger partial charge in [0.2, 0.25) is 0 Å². The van der Waals surface area contributed by atoms with Crippen molar-refractivity contribution in [3.63, 3.8) is 0 Å². The van der Waals surface area contributed by atoms with Crippen LogP contribution >= 0.6 is 0 Å². The SMILES string of the molecule is COC(=O)C(C)(C)c1ccnc(-c2ccc(C(F)(F)F)cc2)c1. The zero-order chi connectivity index (χ0) is 17.3. The lowest BCUT2D eigenvalue weighted by molar-refractivity contribution is -0.146. The van der Waals surface area contributed by atoms with Crippen LogP contribution in [0, 0.1) is 0 Å². The number of pyridine rings is 1. The summed E-state index contributed by atoms with van der Waals surface area (Å²) in [5.74, 6) is -0.401. The Morgan fingerprint density at radius 2 is 1.65 bits per heavy atom. The number of ether oxygens (including phenoxy) is 1. The molecule has 0 radical (unpaired) electrons. The maximum atomic E-state index is 12.6. The highest BCUT2D eigenvalue weighted by atomic mass is 19.4. The molecule has 0 aliphatic heterocycles. The summed E-state index contributed by atoms with van der Waals surface area (Å²) < 4.78 is 42.6. The molecule has 2 rings (SSSR count). The number of carbonyl (C=O) groups is 1. The fourth-order valence-corrected chi connectivity index (χ4v) is 2.18. The molecule has 23 heavy (non-hydrogen) atoms. The van der Waals surface area contributed by atoms with Crippen molar-refractivity contribution < 1.29 is 22.7 Å². The van der Waals surface area contributed by atoms with Crippen molar-refractivity contribution >= 4 is 5.97 Å². The lowest BCUT2D eigenvalue weighted by atomic mass is 9.84. The van der Waals surface area contributed by atoms with E-state index in [9.17, 15) is 18.0 Å². The van der Waals surface area contributed by atoms with Crippen LogP contribution in [0.3, 0.4) is 0 Å². The maximum Gasteiger partial charge on any atom is 0.416 e. The third-order valence-corrected chi connectivity index (χ3v) is 3.69. The van der Waals surface area contributed by atoms with Crippen molar-refractivity contribution in [2.45, 2.75) is 25.4 Å². The van der Waals surface area contributed by atoms with Gasteiger partial charge in [0.05, 0.1) is 23.8 Å². The van der Waals surface area contributed by atoms with Gasteiger partial charge in [-0.05, 0) is 43.7 Å². The van der Waals surface area contributed by atoms with Crippen LogP contribution in [0.4, 0.5) is 13.2 Å². The molecular weight excluding hydrogens is 307 g/mol. The molecule has 0 spiro atoms. The summed E-state index contributed by atoms with van der Waals surface area (Å²) in [5.41, 5.74) is 0.119. The largest absolute Gasteiger partial charge is 0.468 e. The summed E-state index contributed by atoms with van der Waals surface area (Å²) in [7, 11) is 1.31. The Hall–Kier alpha value is -2.37. The molecule has 1 aromatic carbocycles. The number of nitrogens with zero attached hydrogens (tertiary/aromatic N) is 1. The Balaban J connectivity index is 2.39. The molecule has 1 heterocycles. The first-order chi connectivity index (χ1) is 10.7. The van der Waals surface area contributed by atoms with Gasteiger partial charge in [0.1, 0.15) is 0 Å². The van der Waals surface area contributed by atoms with Gasteiger partial charge in [0.25, 0.3) is 0 Å². The van der Waals surface area contributed by atoms with E-state index in [1.807, 2.05) is 0 Å². The number of benzene rings is 1. The van der Waals surface area contributed by atoms with Gasteiger partial charge >= 0.3 is 12.1 Å². The molecule has 1 aromatic heterocycles. The van der Waals surface area contributed by atoms with Gasteiger partial charge in [-0.15, -0.1) is 0 Å². The summed E-state index contributed by atoms with van der Waals surface area (Å²) in [6.45, 7) is 3.43. The number of hydrogen-bond acceptors (Lipinski definition) is 3. The first kappa shape index (κ1) is 17.0. The smallest absolute Gasteiger partial charge is 0.416 e. The van der Waals surface area contributed by atoms with E-state index in [2.05, 4.69) is 4.98 Å². The van der Waals surface area contributed by atoms with Crippen molar-refractivity contribution in [3.8, 4) is 11.3 Å². The molecule has 0 N–H and O–H groups in total. The fourth-order valence-electron chi connectivity index (χ4n) is 2.18. The second-order valence-electron chi connectivity index (χ2n) is 5.62. The van der Waals surface area contributed by atoms with Crippen molar-refractivity contribution in [2.24, 2.45) is 0 Å². The molecule has 0 unspecified atom stereocenters. The van der Waals surface area contributed by atoms with Crippen molar-refractivity contribution in [1.82, 2.24) is 4.98 Å². The van der Waals surface area contributed by atoms with E-state index in [1.165, 1.54) is 25.4 Å². The molecule has 0 saturated heterocycles. The Labute approximate surface area is 132 Å². The van der Waals surface area contributed by atoms with Crippen LogP contribution in [0.15, 0.2) is 42.6 Å². The molecular formula is C17H16F3NO2. The normalized spacial score (nSPS) is 12.1. The Morgan fingerprint density at radius 1 is 1.04 bits per heavy atom. The van der Waals surface area contributed by atoms with E-state index in [0.717, 1.165) is 12.1 Å². The highest BCUT2D eigenvalue weighted by Gasteiger charge is 2.32. The number of carbonyl (C=O) groups excluding carboxylic acids is 1. The summed E-state index contributed by atoms with van der Waals surface area (Å²) in [4.78, 5) is 16.0. The minimum atomic E-state index is -4.37. The average Bonchev–Trinajstić information content (AvgIpc) is 2.53. The fraction of sp³-hybridized carbons (Fsp3) is 0.294. The number of alkyl halides is 3. The molecule has 6 heteroatoms. The quantitative estimate of drug-likeness (QED) is 0.794. The monoisotopic (exact) mass is 323 g/mol. The molecule has 122 valence electrons. The third-order valence-electron chi connectivity index (χ3n) is 3.69. The number of aromatic nitrogens is 1. The van der Waals surface area contributed by atoms with Gasteiger partial charge in [0.15, 0.2) is 0 Å². The number of rotatable bonds is 3. The van der Waals surface area contributed by atoms with Crippen LogP contribution in [-0.2, 0) is 21.1 Å². The predicted octanol–water partition coefficient (Wildman–Crippen LogP) is 4.22. The number of hydrogen-bond donors (Lipinski definition) is 0. The van der Waals surface area contributed by atoms with Crippen molar-refractivity contribution in [1.29, 1.82) is 0 Å². The minimum Gasteiger partial charge on any atom is -0.468 e. The van der Waals surface area contributed by atoms with Crippen LogP contribution in [0.5, 0.6) is 0 Å². The maximum absolute atomic E-state index is 12.6. The number of esters is 1. The molecule has 3 nitrogen and oxygen atoms in total. The minimum absolute atomic E-state index is 0.401. The van der Waals surface area contributed by atoms with E-state index in [4.69, 9.17) is 4.74 Å². The van der Waals surface area contributed by atoms with Gasteiger partial charge in [0, 0.05) is 11.8 Å². The highest BCUT2D eigenvalue weighted by Crippen LogP contribution is 2.32. The molecule has 0 aliphatic rings. The topological polar surface area (TPSA) is 39.2 Å². The second-order valence-corrected chi connectivity index (χ2v) is 5.62. The summed E-state index contributed by atoms with van der Waals surface area (Å²) in [6, 6.07) is 8.11. The summed E-state index contributed by atoms with van der Waals surface area (Å²) in [5, 5.41) is 0. The van der Waals surface area contributed by atoms with Crippen LogP contribution in [0.25, 0.3) is 11.3 Å².